The van der Waals surface area contributed by atoms with Crippen molar-refractivity contribution in [3.05, 3.63) is 34.7 Å². The largest absolute Gasteiger partial charge is 0.449 e. The van der Waals surface area contributed by atoms with Gasteiger partial charge in [-0.15, -0.1) is 12.4 Å². The van der Waals surface area contributed by atoms with E-state index in [1.165, 1.54) is 17.4 Å². The SMILES string of the molecule is CCCCN1CCC(COC(=O)n2c(=O)n(CCC)c3ccccc32)CC1.Cl. The Hall–Kier alpha value is -1.79. The topological polar surface area (TPSA) is 56.5 Å². The van der Waals surface area contributed by atoms with E-state index in [1.807, 2.05) is 25.1 Å². The van der Waals surface area contributed by atoms with Gasteiger partial charge in [0.25, 0.3) is 0 Å². The zero-order chi connectivity index (χ0) is 19.2. The second-order valence-electron chi connectivity index (χ2n) is 7.47. The molecule has 0 amide bonds. The monoisotopic (exact) mass is 409 g/mol. The number of carbonyl (C=O) groups excluding carboxylic acids is 1. The van der Waals surface area contributed by atoms with Crippen LogP contribution < -0.4 is 5.69 Å². The van der Waals surface area contributed by atoms with Gasteiger partial charge in [0.1, 0.15) is 0 Å². The molecular weight excluding hydrogens is 378 g/mol. The van der Waals surface area contributed by atoms with Crippen molar-refractivity contribution in [2.45, 2.75) is 52.5 Å². The van der Waals surface area contributed by atoms with E-state index in [9.17, 15) is 9.59 Å². The van der Waals surface area contributed by atoms with Gasteiger partial charge in [-0.25, -0.2) is 9.59 Å². The lowest BCUT2D eigenvalue weighted by Crippen LogP contribution is -2.37. The number of aromatic nitrogens is 2. The third-order valence-corrected chi connectivity index (χ3v) is 5.44. The van der Waals surface area contributed by atoms with E-state index in [0.29, 0.717) is 24.6 Å². The van der Waals surface area contributed by atoms with Gasteiger partial charge in [-0.3, -0.25) is 4.57 Å². The van der Waals surface area contributed by atoms with Crippen molar-refractivity contribution < 1.29 is 9.53 Å². The maximum absolute atomic E-state index is 12.7. The molecule has 1 saturated heterocycles. The number of likely N-dealkylation sites (tertiary alicyclic amines) is 1. The number of ether oxygens (including phenoxy) is 1. The molecule has 0 saturated carbocycles. The van der Waals surface area contributed by atoms with Crippen LogP contribution in [-0.4, -0.2) is 46.4 Å². The molecule has 1 aliphatic heterocycles. The number of aryl methyl sites for hydroxylation is 1. The van der Waals surface area contributed by atoms with Crippen molar-refractivity contribution in [1.82, 2.24) is 14.0 Å². The number of halogens is 1. The highest BCUT2D eigenvalue weighted by molar-refractivity contribution is 5.86. The molecule has 0 aliphatic carbocycles. The summed E-state index contributed by atoms with van der Waals surface area (Å²) in [7, 11) is 0. The number of unbranched alkanes of at least 4 members (excludes halogenated alkanes) is 1. The molecule has 2 heterocycles. The van der Waals surface area contributed by atoms with Crippen LogP contribution in [0.2, 0.25) is 0 Å². The molecule has 0 spiro atoms. The van der Waals surface area contributed by atoms with E-state index >= 15 is 0 Å². The van der Waals surface area contributed by atoms with E-state index in [-0.39, 0.29) is 18.1 Å². The van der Waals surface area contributed by atoms with Gasteiger partial charge in [0.2, 0.25) is 0 Å². The predicted molar refractivity (Wildman–Crippen MR) is 115 cm³/mol. The van der Waals surface area contributed by atoms with Crippen molar-refractivity contribution in [1.29, 1.82) is 0 Å². The Labute approximate surface area is 172 Å². The fourth-order valence-corrected chi connectivity index (χ4v) is 3.84. The standard InChI is InChI=1S/C21H31N3O3.ClH/c1-3-5-13-22-14-10-17(11-15-22)16-27-21(26)24-19-9-7-6-8-18(19)23(12-4-2)20(24)25;/h6-9,17H,3-5,10-16H2,1-2H3;1H. The van der Waals surface area contributed by atoms with Gasteiger partial charge in [0.05, 0.1) is 17.6 Å². The lowest BCUT2D eigenvalue weighted by molar-refractivity contribution is 0.0968. The van der Waals surface area contributed by atoms with Gasteiger partial charge < -0.3 is 9.64 Å². The zero-order valence-electron chi connectivity index (χ0n) is 16.9. The number of carbonyl (C=O) groups is 1. The number of para-hydroxylation sites is 2. The molecule has 7 heteroatoms. The van der Waals surface area contributed by atoms with Crippen LogP contribution in [0.3, 0.4) is 0 Å². The molecule has 1 fully saturated rings. The summed E-state index contributed by atoms with van der Waals surface area (Å²) in [6, 6.07) is 7.41. The lowest BCUT2D eigenvalue weighted by Gasteiger charge is -2.31. The quantitative estimate of drug-likeness (QED) is 0.689. The van der Waals surface area contributed by atoms with Gasteiger partial charge in [0, 0.05) is 6.54 Å². The minimum Gasteiger partial charge on any atom is -0.449 e. The Kier molecular flexibility index (Phi) is 8.58. The smallest absolute Gasteiger partial charge is 0.422 e. The Balaban J connectivity index is 0.00000280. The fourth-order valence-electron chi connectivity index (χ4n) is 3.84. The van der Waals surface area contributed by atoms with Crippen molar-refractivity contribution in [3.63, 3.8) is 0 Å². The molecule has 0 unspecified atom stereocenters. The second-order valence-corrected chi connectivity index (χ2v) is 7.47. The Morgan fingerprint density at radius 3 is 2.39 bits per heavy atom. The first-order valence-electron chi connectivity index (χ1n) is 10.3. The second kappa shape index (κ2) is 10.7. The Morgan fingerprint density at radius 1 is 1.07 bits per heavy atom. The first-order valence-corrected chi connectivity index (χ1v) is 10.3. The molecule has 1 aromatic carbocycles. The van der Waals surface area contributed by atoms with E-state index in [4.69, 9.17) is 4.74 Å². The minimum absolute atomic E-state index is 0. The average molecular weight is 410 g/mol. The predicted octanol–water partition coefficient (Wildman–Crippen LogP) is 4.13. The summed E-state index contributed by atoms with van der Waals surface area (Å²) in [5.74, 6) is 0.381. The van der Waals surface area contributed by atoms with Crippen LogP contribution in [0, 0.1) is 5.92 Å². The molecule has 156 valence electrons. The Morgan fingerprint density at radius 2 is 1.75 bits per heavy atom. The number of hydrogen-bond acceptors (Lipinski definition) is 4. The third-order valence-electron chi connectivity index (χ3n) is 5.44. The van der Waals surface area contributed by atoms with Crippen LogP contribution >= 0.6 is 12.4 Å². The summed E-state index contributed by atoms with van der Waals surface area (Å²) in [5.41, 5.74) is 1.10. The molecule has 3 rings (SSSR count). The van der Waals surface area contributed by atoms with Crippen molar-refractivity contribution in [2.24, 2.45) is 5.92 Å². The highest BCUT2D eigenvalue weighted by Gasteiger charge is 2.23. The van der Waals surface area contributed by atoms with E-state index in [0.717, 1.165) is 44.4 Å². The van der Waals surface area contributed by atoms with Crippen LogP contribution in [0.15, 0.2) is 29.1 Å². The highest BCUT2D eigenvalue weighted by Crippen LogP contribution is 2.19. The number of imidazole rings is 1. The molecular formula is C21H32ClN3O3. The molecule has 0 radical (unpaired) electrons. The van der Waals surface area contributed by atoms with Crippen molar-refractivity contribution in [2.75, 3.05) is 26.2 Å². The minimum atomic E-state index is -0.556. The molecule has 0 bridgehead atoms. The molecule has 1 aliphatic rings. The molecule has 0 atom stereocenters. The van der Waals surface area contributed by atoms with Gasteiger partial charge in [-0.05, 0) is 63.4 Å². The number of benzene rings is 1. The number of piperidine rings is 1. The normalized spacial score (nSPS) is 15.5. The molecule has 1 aromatic heterocycles. The van der Waals surface area contributed by atoms with Crippen LogP contribution in [0.1, 0.15) is 46.0 Å². The average Bonchev–Trinajstić information content (AvgIpc) is 2.97. The van der Waals surface area contributed by atoms with E-state index < -0.39 is 6.09 Å². The van der Waals surface area contributed by atoms with Crippen molar-refractivity contribution >= 4 is 29.5 Å². The summed E-state index contributed by atoms with van der Waals surface area (Å²) in [6.45, 7) is 8.51. The summed E-state index contributed by atoms with van der Waals surface area (Å²) in [4.78, 5) is 27.9. The highest BCUT2D eigenvalue weighted by atomic mass is 35.5. The maximum Gasteiger partial charge on any atom is 0.422 e. The van der Waals surface area contributed by atoms with Gasteiger partial charge in [-0.1, -0.05) is 32.4 Å². The van der Waals surface area contributed by atoms with Gasteiger partial charge in [0.15, 0.2) is 0 Å². The first-order chi connectivity index (χ1) is 13.2. The van der Waals surface area contributed by atoms with Crippen LogP contribution in [0.25, 0.3) is 11.0 Å². The number of nitrogens with zero attached hydrogens (tertiary/aromatic N) is 3. The van der Waals surface area contributed by atoms with Crippen LogP contribution in [0.4, 0.5) is 4.79 Å². The zero-order valence-corrected chi connectivity index (χ0v) is 17.7. The van der Waals surface area contributed by atoms with Crippen LogP contribution in [0.5, 0.6) is 0 Å². The summed E-state index contributed by atoms with van der Waals surface area (Å²) in [6.07, 6.45) is 4.83. The first kappa shape index (κ1) is 22.5. The molecule has 28 heavy (non-hydrogen) atoms. The summed E-state index contributed by atoms with van der Waals surface area (Å²) >= 11 is 0. The van der Waals surface area contributed by atoms with E-state index in [2.05, 4.69) is 11.8 Å². The third kappa shape index (κ3) is 4.97. The van der Waals surface area contributed by atoms with Gasteiger partial charge >= 0.3 is 11.8 Å². The number of rotatable bonds is 7. The lowest BCUT2D eigenvalue weighted by atomic mass is 9.98. The number of hydrogen-bond donors (Lipinski definition) is 0. The van der Waals surface area contributed by atoms with Crippen LogP contribution in [-0.2, 0) is 11.3 Å². The molecule has 2 aromatic rings. The molecule has 6 nitrogen and oxygen atoms in total. The van der Waals surface area contributed by atoms with Gasteiger partial charge in [-0.2, -0.15) is 4.57 Å². The Bertz CT molecular complexity index is 822. The van der Waals surface area contributed by atoms with E-state index in [1.54, 1.807) is 10.6 Å². The summed E-state index contributed by atoms with van der Waals surface area (Å²) in [5, 5.41) is 0. The maximum atomic E-state index is 12.7. The molecule has 0 N–H and O–H groups in total. The number of fused-ring (bicyclic) bond motifs is 1. The van der Waals surface area contributed by atoms with Crippen molar-refractivity contribution in [3.8, 4) is 0 Å². The summed E-state index contributed by atoms with van der Waals surface area (Å²) < 4.78 is 8.39. The fraction of sp³-hybridized carbons (Fsp3) is 0.619.